The molecule has 1 rings (SSSR count). The monoisotopic (exact) mass is 849 g/mol. The molecule has 1 fully saturated rings. The first kappa shape index (κ1) is 56.3. The lowest BCUT2D eigenvalue weighted by Crippen LogP contribution is -2.46. The minimum atomic E-state index is -0.0732. The van der Waals surface area contributed by atoms with Crippen LogP contribution in [0.4, 0.5) is 0 Å². The third kappa shape index (κ3) is 34.9. The average molecular weight is 849 g/mol. The van der Waals surface area contributed by atoms with Crippen LogP contribution in [0.2, 0.25) is 0 Å². The molecule has 1 heterocycles. The van der Waals surface area contributed by atoms with Gasteiger partial charge in [-0.05, 0) is 83.6 Å². The Morgan fingerprint density at radius 1 is 0.417 bits per heavy atom. The van der Waals surface area contributed by atoms with Crippen molar-refractivity contribution in [3.63, 3.8) is 0 Å². The van der Waals surface area contributed by atoms with Gasteiger partial charge in [0, 0.05) is 39.0 Å². The Balaban J connectivity index is 2.33. The van der Waals surface area contributed by atoms with E-state index in [2.05, 4.69) is 44.5 Å². The van der Waals surface area contributed by atoms with Gasteiger partial charge in [0.05, 0.1) is 13.2 Å². The smallest absolute Gasteiger partial charge is 0.320 e. The van der Waals surface area contributed by atoms with E-state index in [0.29, 0.717) is 31.9 Å². The summed E-state index contributed by atoms with van der Waals surface area (Å²) in [7, 11) is 2.14. The molecule has 0 aromatic carbocycles. The van der Waals surface area contributed by atoms with Crippen molar-refractivity contribution in [3.05, 3.63) is 0 Å². The maximum atomic E-state index is 13.0. The quantitative estimate of drug-likeness (QED) is 0.0341. The molecule has 2 atom stereocenters. The molecule has 0 spiro atoms. The van der Waals surface area contributed by atoms with Crippen LogP contribution in [0.5, 0.6) is 0 Å². The van der Waals surface area contributed by atoms with Crippen molar-refractivity contribution >= 4 is 17.9 Å². The summed E-state index contributed by atoms with van der Waals surface area (Å²) < 4.78 is 17.7. The highest BCUT2D eigenvalue weighted by Gasteiger charge is 2.21. The number of rotatable bonds is 43. The number of carbonyl (C=O) groups is 3. The number of carbonyl (C=O) groups excluding carboxylic acids is 3. The number of unbranched alkanes of at least 4 members (excludes halogenated alkanes) is 20. The minimum absolute atomic E-state index is 0.00364. The molecular weight excluding hydrogens is 749 g/mol. The van der Waals surface area contributed by atoms with E-state index in [9.17, 15) is 14.4 Å². The van der Waals surface area contributed by atoms with Crippen molar-refractivity contribution in [1.29, 1.82) is 0 Å². The summed E-state index contributed by atoms with van der Waals surface area (Å²) in [6, 6.07) is 0. The Labute approximate surface area is 372 Å². The number of ether oxygens (including phenoxy) is 3. The van der Waals surface area contributed by atoms with Gasteiger partial charge >= 0.3 is 17.9 Å². The van der Waals surface area contributed by atoms with Crippen LogP contribution in [0.15, 0.2) is 0 Å². The van der Waals surface area contributed by atoms with E-state index in [4.69, 9.17) is 14.2 Å². The lowest BCUT2D eigenvalue weighted by molar-refractivity contribution is -0.152. The lowest BCUT2D eigenvalue weighted by atomic mass is 9.92. The molecular formula is C52H100N2O6. The maximum absolute atomic E-state index is 13.0. The van der Waals surface area contributed by atoms with Crippen LogP contribution in [0.25, 0.3) is 0 Å². The second kappa shape index (κ2) is 41.3. The molecule has 0 amide bonds. The zero-order valence-electron chi connectivity index (χ0n) is 40.6. The number of esters is 3. The first-order valence-corrected chi connectivity index (χ1v) is 26.3. The summed E-state index contributed by atoms with van der Waals surface area (Å²) in [4.78, 5) is 42.6. The van der Waals surface area contributed by atoms with Crippen LogP contribution in [0.1, 0.15) is 252 Å². The van der Waals surface area contributed by atoms with Crippen LogP contribution >= 0.6 is 0 Å². The standard InChI is InChI=1S/C52H100N2O6/c1-6-10-14-19-27-35-48(34-26-13-9-4)59-51(56)39-31-23-18-16-21-29-37-49(60-52(57)46-54-43-41-53(5)42-44-54)36-28-20-15-17-22-30-38-50(55)58-45-40-47(32-24-11-7-2)33-25-12-8-3/h47-49H,6-46H2,1-5H3. The normalized spacial score (nSPS) is 14.7. The number of hydrogen-bond donors (Lipinski definition) is 0. The highest BCUT2D eigenvalue weighted by molar-refractivity contribution is 5.72. The van der Waals surface area contributed by atoms with E-state index < -0.39 is 0 Å². The van der Waals surface area contributed by atoms with Crippen LogP contribution in [-0.2, 0) is 28.6 Å². The molecule has 2 unspecified atom stereocenters. The van der Waals surface area contributed by atoms with Gasteiger partial charge in [0.1, 0.15) is 12.2 Å². The highest BCUT2D eigenvalue weighted by atomic mass is 16.5. The Morgan fingerprint density at radius 2 is 0.783 bits per heavy atom. The number of nitrogens with zero attached hydrogens (tertiary/aromatic N) is 2. The maximum Gasteiger partial charge on any atom is 0.320 e. The van der Waals surface area contributed by atoms with E-state index in [0.717, 1.165) is 142 Å². The molecule has 1 aliphatic rings. The first-order chi connectivity index (χ1) is 29.3. The largest absolute Gasteiger partial charge is 0.466 e. The second-order valence-corrected chi connectivity index (χ2v) is 18.7. The molecule has 0 aliphatic carbocycles. The van der Waals surface area contributed by atoms with E-state index in [1.807, 2.05) is 0 Å². The zero-order valence-corrected chi connectivity index (χ0v) is 40.6. The van der Waals surface area contributed by atoms with E-state index in [1.165, 1.54) is 96.3 Å². The van der Waals surface area contributed by atoms with Gasteiger partial charge in [-0.15, -0.1) is 0 Å². The van der Waals surface area contributed by atoms with Crippen LogP contribution < -0.4 is 0 Å². The van der Waals surface area contributed by atoms with Crippen molar-refractivity contribution in [1.82, 2.24) is 9.80 Å². The molecule has 0 aromatic rings. The van der Waals surface area contributed by atoms with Gasteiger partial charge in [-0.25, -0.2) is 0 Å². The molecule has 1 aliphatic heterocycles. The van der Waals surface area contributed by atoms with Crippen molar-refractivity contribution in [2.45, 2.75) is 265 Å². The molecule has 1 saturated heterocycles. The van der Waals surface area contributed by atoms with Gasteiger partial charge in [-0.2, -0.15) is 0 Å². The number of hydrogen-bond acceptors (Lipinski definition) is 8. The van der Waals surface area contributed by atoms with Gasteiger partial charge < -0.3 is 19.1 Å². The van der Waals surface area contributed by atoms with Crippen LogP contribution in [0, 0.1) is 5.92 Å². The Hall–Kier alpha value is -1.67. The van der Waals surface area contributed by atoms with Gasteiger partial charge in [0.15, 0.2) is 0 Å². The fourth-order valence-electron chi connectivity index (χ4n) is 8.69. The van der Waals surface area contributed by atoms with Gasteiger partial charge in [-0.3, -0.25) is 19.3 Å². The van der Waals surface area contributed by atoms with Crippen molar-refractivity contribution in [3.8, 4) is 0 Å². The van der Waals surface area contributed by atoms with Gasteiger partial charge in [-0.1, -0.05) is 169 Å². The summed E-state index contributed by atoms with van der Waals surface area (Å²) in [6.45, 7) is 13.8. The van der Waals surface area contributed by atoms with E-state index in [-0.39, 0.29) is 30.1 Å². The molecule has 0 saturated carbocycles. The van der Waals surface area contributed by atoms with Gasteiger partial charge in [0.2, 0.25) is 0 Å². The topological polar surface area (TPSA) is 85.4 Å². The molecule has 0 N–H and O–H groups in total. The van der Waals surface area contributed by atoms with E-state index in [1.54, 1.807) is 0 Å². The van der Waals surface area contributed by atoms with Crippen molar-refractivity contribution in [2.24, 2.45) is 5.92 Å². The molecule has 354 valence electrons. The number of likely N-dealkylation sites (N-methyl/N-ethyl adjacent to an activating group) is 1. The summed E-state index contributed by atoms with van der Waals surface area (Å²) >= 11 is 0. The number of piperazine rings is 1. The second-order valence-electron chi connectivity index (χ2n) is 18.7. The summed E-state index contributed by atoms with van der Waals surface area (Å²) in [6.07, 6.45) is 39.1. The molecule has 60 heavy (non-hydrogen) atoms. The molecule has 0 radical (unpaired) electrons. The lowest BCUT2D eigenvalue weighted by Gasteiger charge is -2.32. The van der Waals surface area contributed by atoms with Gasteiger partial charge in [0.25, 0.3) is 0 Å². The minimum Gasteiger partial charge on any atom is -0.466 e. The fourth-order valence-corrected chi connectivity index (χ4v) is 8.69. The first-order valence-electron chi connectivity index (χ1n) is 26.3. The average Bonchev–Trinajstić information content (AvgIpc) is 3.23. The predicted octanol–water partition coefficient (Wildman–Crippen LogP) is 13.9. The summed E-state index contributed by atoms with van der Waals surface area (Å²) in [5.41, 5.74) is 0. The van der Waals surface area contributed by atoms with Crippen LogP contribution in [-0.4, -0.2) is 86.3 Å². The molecule has 8 nitrogen and oxygen atoms in total. The van der Waals surface area contributed by atoms with Crippen molar-refractivity contribution in [2.75, 3.05) is 46.4 Å². The molecule has 0 bridgehead atoms. The van der Waals surface area contributed by atoms with Crippen LogP contribution in [0.3, 0.4) is 0 Å². The van der Waals surface area contributed by atoms with Crippen molar-refractivity contribution < 1.29 is 28.6 Å². The van der Waals surface area contributed by atoms with E-state index >= 15 is 0 Å². The Bertz CT molecular complexity index is 976. The Morgan fingerprint density at radius 3 is 1.27 bits per heavy atom. The fraction of sp³-hybridized carbons (Fsp3) is 0.942. The SMILES string of the molecule is CCCCCCCC(CCCCC)OC(=O)CCCCCCCCC(CCCCCCCCC(=O)OCCC(CCCCC)CCCCC)OC(=O)CN1CCN(C)CC1. The third-order valence-electron chi connectivity index (χ3n) is 12.8. The predicted molar refractivity (Wildman–Crippen MR) is 252 cm³/mol. The zero-order chi connectivity index (χ0) is 43.7. The summed E-state index contributed by atoms with van der Waals surface area (Å²) in [5.74, 6) is 0.595. The molecule has 8 heteroatoms. The molecule has 0 aromatic heterocycles. The summed E-state index contributed by atoms with van der Waals surface area (Å²) in [5, 5.41) is 0. The highest BCUT2D eigenvalue weighted by Crippen LogP contribution is 2.22. The Kier molecular flexibility index (Phi) is 38.8. The third-order valence-corrected chi connectivity index (χ3v) is 12.8.